The molecule has 1 amide bonds. The van der Waals surface area contributed by atoms with Crippen molar-refractivity contribution < 1.29 is 27.8 Å². The number of nitrogens with one attached hydrogen (secondary N) is 1. The van der Waals surface area contributed by atoms with Crippen molar-refractivity contribution in [1.82, 2.24) is 10.3 Å². The zero-order valence-corrected chi connectivity index (χ0v) is 13.3. The molecule has 2 N–H and O–H groups in total. The molecule has 1 rings (SSSR count). The Morgan fingerprint density at radius 1 is 1.45 bits per heavy atom. The Bertz CT molecular complexity index is 472. The predicted octanol–water partition coefficient (Wildman–Crippen LogP) is 3.41. The molecule has 2 atom stereocenters. The molecule has 0 bridgehead atoms. The molecule has 0 aliphatic heterocycles. The molecular weight excluding hydrogens is 321 g/mol. The van der Waals surface area contributed by atoms with E-state index < -0.39 is 42.9 Å². The van der Waals surface area contributed by atoms with Crippen molar-refractivity contribution in [3.05, 3.63) is 16.6 Å². The van der Waals surface area contributed by atoms with E-state index in [1.165, 1.54) is 6.20 Å². The minimum Gasteiger partial charge on any atom is -0.444 e. The summed E-state index contributed by atoms with van der Waals surface area (Å²) in [5.74, 6) is 0. The number of carbonyl (C=O) groups is 1. The first-order chi connectivity index (χ1) is 9.98. The summed E-state index contributed by atoms with van der Waals surface area (Å²) < 4.78 is 42.2. The topological polar surface area (TPSA) is 71.5 Å². The van der Waals surface area contributed by atoms with Gasteiger partial charge in [-0.15, -0.1) is 11.3 Å². The van der Waals surface area contributed by atoms with Crippen LogP contribution < -0.4 is 5.32 Å². The van der Waals surface area contributed by atoms with Crippen LogP contribution in [-0.4, -0.2) is 34.0 Å². The lowest BCUT2D eigenvalue weighted by Crippen LogP contribution is -2.42. The van der Waals surface area contributed by atoms with Crippen LogP contribution in [0.1, 0.15) is 44.7 Å². The van der Waals surface area contributed by atoms with Crippen LogP contribution >= 0.6 is 11.3 Å². The zero-order chi connectivity index (χ0) is 17.0. The maximum Gasteiger partial charge on any atom is 0.407 e. The van der Waals surface area contributed by atoms with Crippen molar-refractivity contribution in [3.8, 4) is 0 Å². The predicted molar refractivity (Wildman–Crippen MR) is 75.5 cm³/mol. The fourth-order valence-corrected chi connectivity index (χ4v) is 2.33. The summed E-state index contributed by atoms with van der Waals surface area (Å²) in [6, 6.07) is -1.14. The second-order valence-electron chi connectivity index (χ2n) is 5.72. The molecule has 0 saturated carbocycles. The molecule has 22 heavy (non-hydrogen) atoms. The van der Waals surface area contributed by atoms with E-state index in [1.807, 2.05) is 0 Å². The Morgan fingerprint density at radius 3 is 2.55 bits per heavy atom. The summed E-state index contributed by atoms with van der Waals surface area (Å²) in [6.07, 6.45) is -6.75. The first-order valence-electron chi connectivity index (χ1n) is 6.61. The van der Waals surface area contributed by atoms with E-state index in [-0.39, 0.29) is 5.01 Å². The number of aromatic nitrogens is 1. The van der Waals surface area contributed by atoms with Crippen LogP contribution in [0.15, 0.2) is 11.6 Å². The molecule has 0 radical (unpaired) electrons. The summed E-state index contributed by atoms with van der Waals surface area (Å²) in [5, 5.41) is 14.2. The third-order valence-electron chi connectivity index (χ3n) is 2.53. The number of halogens is 3. The normalized spacial score (nSPS) is 15.2. The first kappa shape index (κ1) is 18.7. The number of ether oxygens (including phenoxy) is 1. The van der Waals surface area contributed by atoms with Crippen LogP contribution in [-0.2, 0) is 4.74 Å². The molecule has 126 valence electrons. The molecule has 1 unspecified atom stereocenters. The molecule has 9 heteroatoms. The number of aliphatic hydroxyl groups excluding tert-OH is 1. The van der Waals surface area contributed by atoms with Crippen molar-refractivity contribution >= 4 is 17.4 Å². The highest BCUT2D eigenvalue weighted by atomic mass is 32.1. The van der Waals surface area contributed by atoms with Crippen LogP contribution in [0, 0.1) is 0 Å². The second kappa shape index (κ2) is 7.28. The number of amides is 1. The van der Waals surface area contributed by atoms with Crippen LogP contribution in [0.25, 0.3) is 0 Å². The van der Waals surface area contributed by atoms with E-state index >= 15 is 0 Å². The monoisotopic (exact) mass is 340 g/mol. The standard InChI is InChI=1S/C13H19F3N2O3S/c1-12(2,3)21-11(20)18-8(4-5-13(14,15)16)9(19)10-17-6-7-22-10/h6-9,19H,4-5H2,1-3H3,(H,18,20)/t8-,9?/m0/s1. The van der Waals surface area contributed by atoms with E-state index in [0.29, 0.717) is 0 Å². The van der Waals surface area contributed by atoms with Crippen molar-refractivity contribution in [1.29, 1.82) is 0 Å². The third-order valence-corrected chi connectivity index (χ3v) is 3.37. The third kappa shape index (κ3) is 7.08. The molecule has 1 aromatic rings. The SMILES string of the molecule is CC(C)(C)OC(=O)N[C@@H](CCC(F)(F)F)C(O)c1nccs1. The minimum atomic E-state index is -4.38. The lowest BCUT2D eigenvalue weighted by molar-refractivity contribution is -0.138. The van der Waals surface area contributed by atoms with Gasteiger partial charge in [0.1, 0.15) is 16.7 Å². The van der Waals surface area contributed by atoms with E-state index in [1.54, 1.807) is 26.2 Å². The van der Waals surface area contributed by atoms with E-state index in [9.17, 15) is 23.1 Å². The van der Waals surface area contributed by atoms with Gasteiger partial charge in [0.15, 0.2) is 0 Å². The van der Waals surface area contributed by atoms with Gasteiger partial charge in [0.2, 0.25) is 0 Å². The van der Waals surface area contributed by atoms with Gasteiger partial charge in [-0.3, -0.25) is 0 Å². The van der Waals surface area contributed by atoms with Gasteiger partial charge >= 0.3 is 12.3 Å². The molecule has 0 aliphatic rings. The van der Waals surface area contributed by atoms with Gasteiger partial charge in [-0.05, 0) is 27.2 Å². The van der Waals surface area contributed by atoms with Crippen molar-refractivity contribution in [2.45, 2.75) is 57.5 Å². The van der Waals surface area contributed by atoms with Gasteiger partial charge in [-0.2, -0.15) is 13.2 Å². The number of hydrogen-bond acceptors (Lipinski definition) is 5. The Hall–Kier alpha value is -1.35. The largest absolute Gasteiger partial charge is 0.444 e. The van der Waals surface area contributed by atoms with Crippen LogP contribution in [0.3, 0.4) is 0 Å². The number of carbonyl (C=O) groups excluding carboxylic acids is 1. The summed E-state index contributed by atoms with van der Waals surface area (Å²) in [5.41, 5.74) is -0.787. The molecule has 0 spiro atoms. The first-order valence-corrected chi connectivity index (χ1v) is 7.49. The fraction of sp³-hybridized carbons (Fsp3) is 0.692. The highest BCUT2D eigenvalue weighted by molar-refractivity contribution is 7.09. The Labute approximate surface area is 130 Å². The minimum absolute atomic E-state index is 0.239. The highest BCUT2D eigenvalue weighted by Gasteiger charge is 2.33. The van der Waals surface area contributed by atoms with Gasteiger partial charge in [0.25, 0.3) is 0 Å². The lowest BCUT2D eigenvalue weighted by Gasteiger charge is -2.26. The van der Waals surface area contributed by atoms with Gasteiger partial charge in [-0.1, -0.05) is 0 Å². The lowest BCUT2D eigenvalue weighted by atomic mass is 10.1. The number of alkyl carbamates (subject to hydrolysis) is 1. The van der Waals surface area contributed by atoms with Crippen molar-refractivity contribution in [2.75, 3.05) is 0 Å². The van der Waals surface area contributed by atoms with E-state index in [0.717, 1.165) is 11.3 Å². The van der Waals surface area contributed by atoms with Gasteiger partial charge in [-0.25, -0.2) is 9.78 Å². The number of thiazole rings is 1. The maximum absolute atomic E-state index is 12.4. The van der Waals surface area contributed by atoms with Crippen LogP contribution in [0.4, 0.5) is 18.0 Å². The Balaban J connectivity index is 2.75. The second-order valence-corrected chi connectivity index (χ2v) is 6.65. The molecule has 1 heterocycles. The molecule has 1 aromatic heterocycles. The zero-order valence-electron chi connectivity index (χ0n) is 12.5. The van der Waals surface area contributed by atoms with Crippen LogP contribution in [0.2, 0.25) is 0 Å². The average molecular weight is 340 g/mol. The Kier molecular flexibility index (Phi) is 6.18. The number of nitrogens with zero attached hydrogens (tertiary/aromatic N) is 1. The number of rotatable bonds is 5. The van der Waals surface area contributed by atoms with Gasteiger partial charge in [0.05, 0.1) is 6.04 Å². The summed E-state index contributed by atoms with van der Waals surface area (Å²) in [6.45, 7) is 4.90. The molecule has 0 saturated heterocycles. The molecule has 0 aromatic carbocycles. The summed E-state index contributed by atoms with van der Waals surface area (Å²) >= 11 is 1.10. The number of aliphatic hydroxyl groups is 1. The maximum atomic E-state index is 12.4. The number of alkyl halides is 3. The van der Waals surface area contributed by atoms with E-state index in [2.05, 4.69) is 10.3 Å². The Morgan fingerprint density at radius 2 is 2.09 bits per heavy atom. The molecule has 0 fully saturated rings. The molecular formula is C13H19F3N2O3S. The van der Waals surface area contributed by atoms with Gasteiger partial charge < -0.3 is 15.2 Å². The van der Waals surface area contributed by atoms with Crippen molar-refractivity contribution in [2.24, 2.45) is 0 Å². The molecule has 5 nitrogen and oxygen atoms in total. The fourth-order valence-electron chi connectivity index (χ4n) is 1.64. The smallest absolute Gasteiger partial charge is 0.407 e. The number of hydrogen-bond donors (Lipinski definition) is 2. The molecule has 0 aliphatic carbocycles. The summed E-state index contributed by atoms with van der Waals surface area (Å²) in [7, 11) is 0. The van der Waals surface area contributed by atoms with Crippen molar-refractivity contribution in [3.63, 3.8) is 0 Å². The van der Waals surface area contributed by atoms with E-state index in [4.69, 9.17) is 4.74 Å². The highest BCUT2D eigenvalue weighted by Crippen LogP contribution is 2.27. The average Bonchev–Trinajstić information content (AvgIpc) is 2.83. The van der Waals surface area contributed by atoms with Gasteiger partial charge in [0, 0.05) is 18.0 Å². The quantitative estimate of drug-likeness (QED) is 0.862. The van der Waals surface area contributed by atoms with Crippen LogP contribution in [0.5, 0.6) is 0 Å². The summed E-state index contributed by atoms with van der Waals surface area (Å²) in [4.78, 5) is 15.6.